The standard InChI is InChI=1S/C23H26FN5OS/c1-28-21(17-5-8-20(30)25-14-17)26-27-22(28)31-12-2-10-29-11-9-23(15-29)13-19(23)16-3-6-18(24)7-4-16/h3-8,14,17,19H,2,9-13,15H2,1H3/t17?,19?,23-/m0/s1. The minimum atomic E-state index is -0.230. The summed E-state index contributed by atoms with van der Waals surface area (Å²) in [5.41, 5.74) is 1.71. The summed E-state index contributed by atoms with van der Waals surface area (Å²) in [6.45, 7) is 3.40. The van der Waals surface area contributed by atoms with Gasteiger partial charge >= 0.3 is 0 Å². The number of allylic oxidation sites excluding steroid dienone is 1. The van der Waals surface area contributed by atoms with E-state index in [2.05, 4.69) is 20.1 Å². The molecule has 3 heterocycles. The molecule has 6 nitrogen and oxygen atoms in total. The molecule has 0 radical (unpaired) electrons. The third-order valence-corrected chi connectivity index (χ3v) is 7.86. The van der Waals surface area contributed by atoms with Gasteiger partial charge in [-0.05, 0) is 61.4 Å². The molecule has 2 unspecified atom stereocenters. The number of likely N-dealkylation sites (tertiary alicyclic amines) is 1. The van der Waals surface area contributed by atoms with E-state index in [0.717, 1.165) is 42.8 Å². The first-order chi connectivity index (χ1) is 15.0. The maximum atomic E-state index is 13.2. The lowest BCUT2D eigenvalue weighted by Gasteiger charge is -2.16. The molecule has 2 aliphatic heterocycles. The van der Waals surface area contributed by atoms with Crippen molar-refractivity contribution in [3.05, 3.63) is 53.6 Å². The summed E-state index contributed by atoms with van der Waals surface area (Å²) >= 11 is 1.72. The summed E-state index contributed by atoms with van der Waals surface area (Å²) < 4.78 is 15.2. The maximum Gasteiger partial charge on any atom is 0.269 e. The molecular formula is C23H26FN5OS. The van der Waals surface area contributed by atoms with E-state index in [-0.39, 0.29) is 17.6 Å². The SMILES string of the molecule is Cn1c(SCCCN2CC[C@]3(CC3c3ccc(F)cc3)C2)nnc1C1C=CC(=O)N=C1. The zero-order chi connectivity index (χ0) is 21.4. The van der Waals surface area contributed by atoms with Crippen molar-refractivity contribution < 1.29 is 9.18 Å². The minimum Gasteiger partial charge on any atom is -0.308 e. The number of hydrogen-bond acceptors (Lipinski definition) is 5. The highest BCUT2D eigenvalue weighted by Crippen LogP contribution is 2.64. The number of carbonyl (C=O) groups is 1. The van der Waals surface area contributed by atoms with E-state index in [0.29, 0.717) is 11.3 Å². The van der Waals surface area contributed by atoms with Crippen molar-refractivity contribution in [3.8, 4) is 0 Å². The monoisotopic (exact) mass is 439 g/mol. The molecule has 31 heavy (non-hydrogen) atoms. The van der Waals surface area contributed by atoms with E-state index in [4.69, 9.17) is 0 Å². The van der Waals surface area contributed by atoms with Crippen LogP contribution in [0.4, 0.5) is 4.39 Å². The Morgan fingerprint density at radius 3 is 2.87 bits per heavy atom. The Labute approximate surface area is 185 Å². The fourth-order valence-corrected chi connectivity index (χ4v) is 5.76. The number of carbonyl (C=O) groups excluding carboxylic acids is 1. The van der Waals surface area contributed by atoms with Crippen LogP contribution >= 0.6 is 11.8 Å². The molecule has 3 aliphatic rings. The van der Waals surface area contributed by atoms with Crippen LogP contribution in [0, 0.1) is 11.2 Å². The number of nitrogens with zero attached hydrogens (tertiary/aromatic N) is 5. The van der Waals surface area contributed by atoms with E-state index in [9.17, 15) is 9.18 Å². The molecular weight excluding hydrogens is 413 g/mol. The number of halogens is 1. The molecule has 1 saturated carbocycles. The van der Waals surface area contributed by atoms with Gasteiger partial charge in [0, 0.05) is 31.6 Å². The molecule has 1 aliphatic carbocycles. The first kappa shape index (κ1) is 20.6. The lowest BCUT2D eigenvalue weighted by atomic mass is 9.98. The van der Waals surface area contributed by atoms with Gasteiger partial charge in [-0.15, -0.1) is 10.2 Å². The second-order valence-electron chi connectivity index (χ2n) is 8.80. The van der Waals surface area contributed by atoms with E-state index in [1.165, 1.54) is 24.5 Å². The third-order valence-electron chi connectivity index (χ3n) is 6.75. The van der Waals surface area contributed by atoms with Crippen molar-refractivity contribution in [2.24, 2.45) is 17.5 Å². The molecule has 162 valence electrons. The van der Waals surface area contributed by atoms with E-state index < -0.39 is 0 Å². The molecule has 2 aromatic rings. The van der Waals surface area contributed by atoms with Gasteiger partial charge in [0.25, 0.3) is 5.91 Å². The van der Waals surface area contributed by atoms with Gasteiger partial charge in [-0.3, -0.25) is 4.79 Å². The Morgan fingerprint density at radius 1 is 1.26 bits per heavy atom. The zero-order valence-corrected chi connectivity index (χ0v) is 18.4. The zero-order valence-electron chi connectivity index (χ0n) is 17.6. The smallest absolute Gasteiger partial charge is 0.269 e. The average molecular weight is 440 g/mol. The van der Waals surface area contributed by atoms with Crippen LogP contribution in [-0.2, 0) is 11.8 Å². The molecule has 1 spiro atoms. The fourth-order valence-electron chi connectivity index (χ4n) is 4.92. The number of amides is 1. The quantitative estimate of drug-likeness (QED) is 0.488. The van der Waals surface area contributed by atoms with Gasteiger partial charge in [0.1, 0.15) is 11.6 Å². The second kappa shape index (κ2) is 8.31. The molecule has 1 aromatic carbocycles. The van der Waals surface area contributed by atoms with E-state index in [1.54, 1.807) is 30.1 Å². The van der Waals surface area contributed by atoms with Crippen molar-refractivity contribution in [1.82, 2.24) is 19.7 Å². The second-order valence-corrected chi connectivity index (χ2v) is 9.86. The van der Waals surface area contributed by atoms with Crippen molar-refractivity contribution in [2.75, 3.05) is 25.4 Å². The highest BCUT2D eigenvalue weighted by molar-refractivity contribution is 7.99. The van der Waals surface area contributed by atoms with Crippen LogP contribution in [0.15, 0.2) is 46.6 Å². The third kappa shape index (κ3) is 4.23. The Hall–Kier alpha value is -2.32. The molecule has 0 bridgehead atoms. The van der Waals surface area contributed by atoms with E-state index in [1.807, 2.05) is 29.8 Å². The van der Waals surface area contributed by atoms with Crippen LogP contribution in [0.1, 0.15) is 42.5 Å². The Morgan fingerprint density at radius 2 is 2.10 bits per heavy atom. The number of thioether (sulfide) groups is 1. The lowest BCUT2D eigenvalue weighted by Crippen LogP contribution is -2.23. The van der Waals surface area contributed by atoms with Gasteiger partial charge in [0.15, 0.2) is 5.16 Å². The number of benzene rings is 1. The molecule has 1 amide bonds. The van der Waals surface area contributed by atoms with Gasteiger partial charge in [-0.1, -0.05) is 30.0 Å². The first-order valence-electron chi connectivity index (χ1n) is 10.8. The lowest BCUT2D eigenvalue weighted by molar-refractivity contribution is -0.113. The summed E-state index contributed by atoms with van der Waals surface area (Å²) in [7, 11) is 1.96. The maximum absolute atomic E-state index is 13.2. The molecule has 2 fully saturated rings. The molecule has 3 atom stereocenters. The van der Waals surface area contributed by atoms with Crippen LogP contribution in [0.3, 0.4) is 0 Å². The Bertz CT molecular complexity index is 1020. The highest BCUT2D eigenvalue weighted by atomic mass is 32.2. The van der Waals surface area contributed by atoms with Crippen LogP contribution < -0.4 is 0 Å². The molecule has 1 saturated heterocycles. The van der Waals surface area contributed by atoms with Gasteiger partial charge in [0.05, 0.1) is 5.92 Å². The fraction of sp³-hybridized carbons (Fsp3) is 0.478. The van der Waals surface area contributed by atoms with Crippen molar-refractivity contribution >= 4 is 23.9 Å². The van der Waals surface area contributed by atoms with Gasteiger partial charge < -0.3 is 9.47 Å². The number of hydrogen-bond donors (Lipinski definition) is 0. The minimum absolute atomic E-state index is 0.0991. The molecule has 8 heteroatoms. The molecule has 5 rings (SSSR count). The number of dihydropyridines is 1. The molecule has 1 aromatic heterocycles. The number of rotatable bonds is 7. The predicted molar refractivity (Wildman–Crippen MR) is 119 cm³/mol. The van der Waals surface area contributed by atoms with Crippen molar-refractivity contribution in [2.45, 2.75) is 36.3 Å². The summed E-state index contributed by atoms with van der Waals surface area (Å²) in [6.07, 6.45) is 8.50. The largest absolute Gasteiger partial charge is 0.308 e. The van der Waals surface area contributed by atoms with Crippen LogP contribution in [0.2, 0.25) is 0 Å². The van der Waals surface area contributed by atoms with Crippen molar-refractivity contribution in [3.63, 3.8) is 0 Å². The summed E-state index contributed by atoms with van der Waals surface area (Å²) in [5, 5.41) is 9.51. The van der Waals surface area contributed by atoms with Crippen molar-refractivity contribution in [1.29, 1.82) is 0 Å². The number of aromatic nitrogens is 3. The van der Waals surface area contributed by atoms with Crippen LogP contribution in [-0.4, -0.2) is 57.2 Å². The Kier molecular flexibility index (Phi) is 5.52. The van der Waals surface area contributed by atoms with Gasteiger partial charge in [-0.25, -0.2) is 9.38 Å². The van der Waals surface area contributed by atoms with Gasteiger partial charge in [-0.2, -0.15) is 0 Å². The summed E-state index contributed by atoms with van der Waals surface area (Å²) in [5.74, 6) is 1.90. The van der Waals surface area contributed by atoms with Gasteiger partial charge in [0.2, 0.25) is 0 Å². The van der Waals surface area contributed by atoms with Crippen LogP contribution in [0.25, 0.3) is 0 Å². The topological polar surface area (TPSA) is 63.4 Å². The average Bonchev–Trinajstić information content (AvgIpc) is 3.11. The van der Waals surface area contributed by atoms with Crippen LogP contribution in [0.5, 0.6) is 0 Å². The summed E-state index contributed by atoms with van der Waals surface area (Å²) in [4.78, 5) is 17.6. The Balaban J connectivity index is 1.08. The highest BCUT2D eigenvalue weighted by Gasteiger charge is 2.57. The first-order valence-corrected chi connectivity index (χ1v) is 11.8. The predicted octanol–water partition coefficient (Wildman–Crippen LogP) is 3.57. The normalized spacial score (nSPS) is 27.5. The number of aliphatic imine (C=N–C) groups is 1. The van der Waals surface area contributed by atoms with E-state index >= 15 is 0 Å². The molecule has 0 N–H and O–H groups in total. The summed E-state index contributed by atoms with van der Waals surface area (Å²) in [6, 6.07) is 7.08.